The monoisotopic (exact) mass is 873 g/mol. The third-order valence-corrected chi connectivity index (χ3v) is 16.8. The summed E-state index contributed by atoms with van der Waals surface area (Å²) in [4.78, 5) is 49.3. The summed E-state index contributed by atoms with van der Waals surface area (Å²) in [7, 11) is 0. The zero-order valence-electron chi connectivity index (χ0n) is 38.8. The maximum Gasteiger partial charge on any atom is 0.224 e. The maximum absolute atomic E-state index is 12.6. The van der Waals surface area contributed by atoms with Crippen LogP contribution in [-0.2, 0) is 54.6 Å². The van der Waals surface area contributed by atoms with Gasteiger partial charge in [0.15, 0.2) is 23.8 Å². The Hall–Kier alpha value is -2.94. The largest absolute Gasteiger partial charge is 0.352 e. The summed E-state index contributed by atoms with van der Waals surface area (Å²) in [5, 5.41) is 6.05. The van der Waals surface area contributed by atoms with Gasteiger partial charge in [-0.3, -0.25) is 9.59 Å². The second-order valence-electron chi connectivity index (χ2n) is 21.1. The molecule has 10 fully saturated rings. The number of rotatable bonds is 9. The van der Waals surface area contributed by atoms with Gasteiger partial charge in [-0.05, 0) is 132 Å². The Balaban J connectivity index is 0.000000160. The molecule has 8 aliphatic heterocycles. The predicted molar refractivity (Wildman–Crippen MR) is 235 cm³/mol. The van der Waals surface area contributed by atoms with Crippen LogP contribution in [0.3, 0.4) is 0 Å². The molecular weight excluding hydrogens is 801 g/mol. The molecule has 12 rings (SSSR count). The Morgan fingerprint density at radius 2 is 1.05 bits per heavy atom. The van der Waals surface area contributed by atoms with Crippen LogP contribution in [-0.4, -0.2) is 59.4 Å². The van der Waals surface area contributed by atoms with Crippen LogP contribution in [0.4, 0.5) is 5.69 Å². The standard InChI is InChI=1S/C26H37NO5.C25H35NO5/c1-16-5-8-19(9-6-16)15-27-23(28)12-11-22-18(3)21-10-7-17(2)20-13-14-25(4)30-24(29-22)26(20,21)32-31-25;1-15-5-8-18(9-6-15)26-22(27)12-11-21-17(3)20-10-7-16(2)19-13-14-24(4)29-23(28-21)25(19,20)31-30-24/h5-6,8-9,17-18,20-22,24H,7,10-15H2,1-4H3,(H,27,28);5-6,8-9,16-17,19-21,23H,7,10-14H2,1-4H3,(H,26,27)/t17-,18-,20+,21+,22-,24-,25+,26-;16-,17-,19+,20+,21-,23-,24+,25-/m11/s1. The number of hydrogen-bond acceptors (Lipinski definition) is 10. The SMILES string of the molecule is Cc1ccc(CNC(=O)CC[C@H]2O[C@@H]3O[C@]4(C)CC[C@H]5[C@H](C)CC[C@@H]([C@H]2C)[C@@]35OO4)cc1.Cc1ccc(NC(=O)CC[C@H]2O[C@@H]3O[C@]4(C)CC[C@H]5[C@H](C)CC[C@@H]([C@H]2C)[C@@]35OO4)cc1. The number of fused-ring (bicyclic) bond motifs is 4. The van der Waals surface area contributed by atoms with Crippen LogP contribution in [0, 0.1) is 61.2 Å². The van der Waals surface area contributed by atoms with Crippen LogP contribution in [0.2, 0.25) is 0 Å². The summed E-state index contributed by atoms with van der Waals surface area (Å²) in [6.45, 7) is 17.7. The van der Waals surface area contributed by atoms with E-state index in [2.05, 4.69) is 69.5 Å². The molecule has 2 aromatic rings. The molecule has 2 spiro atoms. The van der Waals surface area contributed by atoms with Crippen LogP contribution in [0.5, 0.6) is 0 Å². The lowest BCUT2D eigenvalue weighted by Gasteiger charge is -2.60. The van der Waals surface area contributed by atoms with Crippen molar-refractivity contribution >= 4 is 17.5 Å². The van der Waals surface area contributed by atoms with E-state index in [-0.39, 0.29) is 35.9 Å². The third-order valence-electron chi connectivity index (χ3n) is 16.8. The number of nitrogens with one attached hydrogen (secondary N) is 2. The van der Waals surface area contributed by atoms with Gasteiger partial charge in [-0.2, -0.15) is 0 Å². The fourth-order valence-electron chi connectivity index (χ4n) is 13.0. The van der Waals surface area contributed by atoms with E-state index in [9.17, 15) is 9.59 Å². The van der Waals surface area contributed by atoms with E-state index in [0.29, 0.717) is 67.7 Å². The maximum atomic E-state index is 12.6. The minimum absolute atomic E-state index is 0.0185. The molecule has 63 heavy (non-hydrogen) atoms. The van der Waals surface area contributed by atoms with Gasteiger partial charge in [-0.15, -0.1) is 0 Å². The van der Waals surface area contributed by atoms with Gasteiger partial charge in [0.1, 0.15) is 0 Å². The second kappa shape index (κ2) is 17.7. The highest BCUT2D eigenvalue weighted by Crippen LogP contribution is 2.62. The van der Waals surface area contributed by atoms with Crippen LogP contribution >= 0.6 is 0 Å². The van der Waals surface area contributed by atoms with Crippen molar-refractivity contribution in [3.63, 3.8) is 0 Å². The van der Waals surface area contributed by atoms with E-state index in [1.165, 1.54) is 24.0 Å². The number of benzene rings is 2. The van der Waals surface area contributed by atoms with E-state index in [1.54, 1.807) is 0 Å². The number of carbonyl (C=O) groups is 2. The smallest absolute Gasteiger partial charge is 0.224 e. The molecule has 8 saturated heterocycles. The summed E-state index contributed by atoms with van der Waals surface area (Å²) < 4.78 is 25.9. The van der Waals surface area contributed by atoms with Gasteiger partial charge >= 0.3 is 0 Å². The van der Waals surface area contributed by atoms with E-state index >= 15 is 0 Å². The van der Waals surface area contributed by atoms with E-state index in [1.807, 2.05) is 45.0 Å². The van der Waals surface area contributed by atoms with Crippen molar-refractivity contribution in [3.05, 3.63) is 65.2 Å². The van der Waals surface area contributed by atoms with Gasteiger partial charge in [0.25, 0.3) is 0 Å². The molecule has 12 nitrogen and oxygen atoms in total. The molecule has 2 amide bonds. The first kappa shape index (κ1) is 45.2. The van der Waals surface area contributed by atoms with Crippen molar-refractivity contribution in [1.82, 2.24) is 5.32 Å². The lowest BCUT2D eigenvalue weighted by atomic mass is 9.57. The molecule has 0 radical (unpaired) electrons. The number of ether oxygens (including phenoxy) is 4. The van der Waals surface area contributed by atoms with E-state index in [0.717, 1.165) is 49.8 Å². The molecule has 346 valence electrons. The average Bonchev–Trinajstić information content (AvgIpc) is 3.64. The first-order valence-corrected chi connectivity index (χ1v) is 24.2. The van der Waals surface area contributed by atoms with Crippen LogP contribution in [0.25, 0.3) is 0 Å². The molecule has 0 aromatic heterocycles. The highest BCUT2D eigenvalue weighted by molar-refractivity contribution is 5.90. The molecule has 8 heterocycles. The molecular formula is C51H72N2O10. The normalized spacial score (nSPS) is 43.2. The fourth-order valence-corrected chi connectivity index (χ4v) is 13.0. The Morgan fingerprint density at radius 1 is 0.587 bits per heavy atom. The topological polar surface area (TPSA) is 132 Å². The van der Waals surface area contributed by atoms with Crippen LogP contribution in [0.1, 0.15) is 135 Å². The van der Waals surface area contributed by atoms with Crippen LogP contribution < -0.4 is 10.6 Å². The molecule has 2 N–H and O–H groups in total. The van der Waals surface area contributed by atoms with Gasteiger partial charge in [-0.1, -0.05) is 75.2 Å². The third kappa shape index (κ3) is 8.54. The number of carbonyl (C=O) groups excluding carboxylic acids is 2. The molecule has 10 aliphatic rings. The molecule has 2 aromatic carbocycles. The molecule has 0 unspecified atom stereocenters. The molecule has 2 aliphatic carbocycles. The van der Waals surface area contributed by atoms with Crippen molar-refractivity contribution < 1.29 is 48.1 Å². The molecule has 2 saturated carbocycles. The highest BCUT2D eigenvalue weighted by Gasteiger charge is 2.70. The number of amides is 2. The molecule has 4 bridgehead atoms. The Kier molecular flexibility index (Phi) is 12.7. The fraction of sp³-hybridized carbons (Fsp3) is 0.725. The Morgan fingerprint density at radius 3 is 1.54 bits per heavy atom. The average molecular weight is 873 g/mol. The van der Waals surface area contributed by atoms with Gasteiger partial charge in [-0.25, -0.2) is 19.6 Å². The lowest BCUT2D eigenvalue weighted by Crippen LogP contribution is -2.70. The predicted octanol–water partition coefficient (Wildman–Crippen LogP) is 9.61. The lowest BCUT2D eigenvalue weighted by molar-refractivity contribution is -0.571. The summed E-state index contributed by atoms with van der Waals surface area (Å²) in [5.74, 6) is 1.59. The number of hydrogen-bond donors (Lipinski definition) is 2. The van der Waals surface area contributed by atoms with Crippen LogP contribution in [0.15, 0.2) is 48.5 Å². The first-order chi connectivity index (χ1) is 30.1. The number of anilines is 1. The zero-order valence-corrected chi connectivity index (χ0v) is 38.8. The number of aryl methyl sites for hydroxylation is 2. The molecule has 16 atom stereocenters. The Labute approximate surface area is 374 Å². The van der Waals surface area contributed by atoms with Crippen molar-refractivity contribution in [3.8, 4) is 0 Å². The Bertz CT molecular complexity index is 1950. The summed E-state index contributed by atoms with van der Waals surface area (Å²) in [5.41, 5.74) is 3.28. The van der Waals surface area contributed by atoms with Crippen molar-refractivity contribution in [2.24, 2.45) is 47.3 Å². The van der Waals surface area contributed by atoms with Crippen molar-refractivity contribution in [2.75, 3.05) is 5.32 Å². The van der Waals surface area contributed by atoms with Gasteiger partial charge < -0.3 is 29.6 Å². The summed E-state index contributed by atoms with van der Waals surface area (Å²) >= 11 is 0. The molecule has 12 heteroatoms. The minimum Gasteiger partial charge on any atom is -0.352 e. The van der Waals surface area contributed by atoms with Gasteiger partial charge in [0.05, 0.1) is 12.2 Å². The quantitative estimate of drug-likeness (QED) is 0.235. The van der Waals surface area contributed by atoms with E-state index in [4.69, 9.17) is 38.5 Å². The van der Waals surface area contributed by atoms with Crippen molar-refractivity contribution in [1.29, 1.82) is 0 Å². The minimum atomic E-state index is -0.758. The first-order valence-electron chi connectivity index (χ1n) is 24.2. The van der Waals surface area contributed by atoms with Gasteiger partial charge in [0, 0.05) is 49.8 Å². The van der Waals surface area contributed by atoms with Crippen molar-refractivity contribution in [2.45, 2.75) is 187 Å². The zero-order chi connectivity index (χ0) is 44.3. The second-order valence-corrected chi connectivity index (χ2v) is 21.1. The summed E-state index contributed by atoms with van der Waals surface area (Å²) in [6, 6.07) is 16.1. The van der Waals surface area contributed by atoms with Gasteiger partial charge in [0.2, 0.25) is 23.4 Å². The highest BCUT2D eigenvalue weighted by atomic mass is 17.3. The summed E-state index contributed by atoms with van der Waals surface area (Å²) in [6.07, 6.45) is 9.53. The van der Waals surface area contributed by atoms with E-state index < -0.39 is 35.4 Å².